The van der Waals surface area contributed by atoms with Crippen LogP contribution in [0.1, 0.15) is 46.5 Å². The smallest absolute Gasteiger partial charge is 0.0702 e. The molecule has 3 nitrogen and oxygen atoms in total. The lowest BCUT2D eigenvalue weighted by atomic mass is 9.96. The fraction of sp³-hybridized carbons (Fsp3) is 1.00. The Bertz CT molecular complexity index is 188. The third-order valence-corrected chi connectivity index (χ3v) is 3.34. The van der Waals surface area contributed by atoms with Gasteiger partial charge in [-0.1, -0.05) is 20.3 Å². The number of ether oxygens (including phenoxy) is 1. The third-order valence-electron chi connectivity index (χ3n) is 3.34. The third kappa shape index (κ3) is 4.81. The SMILES string of the molecule is CCCC(C)(N)CN(CC)CC1CCCO1. The highest BCUT2D eigenvalue weighted by Crippen LogP contribution is 2.16. The Morgan fingerprint density at radius 3 is 2.69 bits per heavy atom. The minimum absolute atomic E-state index is 0.0522. The van der Waals surface area contributed by atoms with Crippen LogP contribution in [0.2, 0.25) is 0 Å². The summed E-state index contributed by atoms with van der Waals surface area (Å²) in [6.45, 7) is 10.6. The quantitative estimate of drug-likeness (QED) is 0.724. The molecule has 0 aromatic rings. The summed E-state index contributed by atoms with van der Waals surface area (Å²) in [5.41, 5.74) is 6.24. The fourth-order valence-corrected chi connectivity index (χ4v) is 2.54. The van der Waals surface area contributed by atoms with E-state index in [0.29, 0.717) is 6.10 Å². The van der Waals surface area contributed by atoms with Gasteiger partial charge in [-0.2, -0.15) is 0 Å². The fourth-order valence-electron chi connectivity index (χ4n) is 2.54. The number of rotatable bonds is 7. The van der Waals surface area contributed by atoms with Gasteiger partial charge in [-0.25, -0.2) is 0 Å². The predicted molar refractivity (Wildman–Crippen MR) is 68.6 cm³/mol. The summed E-state index contributed by atoms with van der Waals surface area (Å²) in [6, 6.07) is 0. The molecule has 1 aliphatic rings. The van der Waals surface area contributed by atoms with E-state index in [0.717, 1.165) is 39.1 Å². The van der Waals surface area contributed by atoms with Crippen LogP contribution < -0.4 is 5.73 Å². The van der Waals surface area contributed by atoms with Gasteiger partial charge in [0.25, 0.3) is 0 Å². The van der Waals surface area contributed by atoms with Crippen LogP contribution in [-0.4, -0.2) is 42.8 Å². The number of hydrogen-bond acceptors (Lipinski definition) is 3. The van der Waals surface area contributed by atoms with Crippen LogP contribution in [0.25, 0.3) is 0 Å². The van der Waals surface area contributed by atoms with Crippen LogP contribution in [-0.2, 0) is 4.74 Å². The molecule has 0 amide bonds. The first-order valence-corrected chi connectivity index (χ1v) is 6.70. The molecule has 16 heavy (non-hydrogen) atoms. The molecule has 96 valence electrons. The van der Waals surface area contributed by atoms with Gasteiger partial charge in [0, 0.05) is 25.2 Å². The zero-order chi connectivity index (χ0) is 12.0. The molecular weight excluding hydrogens is 200 g/mol. The van der Waals surface area contributed by atoms with Crippen LogP contribution in [0.3, 0.4) is 0 Å². The van der Waals surface area contributed by atoms with E-state index in [1.165, 1.54) is 12.8 Å². The van der Waals surface area contributed by atoms with Crippen molar-refractivity contribution in [1.29, 1.82) is 0 Å². The minimum Gasteiger partial charge on any atom is -0.377 e. The molecule has 1 rings (SSSR count). The van der Waals surface area contributed by atoms with Gasteiger partial charge >= 0.3 is 0 Å². The summed E-state index contributed by atoms with van der Waals surface area (Å²) in [7, 11) is 0. The highest BCUT2D eigenvalue weighted by Gasteiger charge is 2.24. The molecule has 0 spiro atoms. The predicted octanol–water partition coefficient (Wildman–Crippen LogP) is 2.00. The van der Waals surface area contributed by atoms with Crippen molar-refractivity contribution in [3.63, 3.8) is 0 Å². The van der Waals surface area contributed by atoms with Crippen LogP contribution in [0.5, 0.6) is 0 Å². The summed E-state index contributed by atoms with van der Waals surface area (Å²) in [6.07, 6.45) is 5.12. The van der Waals surface area contributed by atoms with E-state index in [4.69, 9.17) is 10.5 Å². The molecule has 1 fully saturated rings. The molecule has 0 saturated carbocycles. The monoisotopic (exact) mass is 228 g/mol. The summed E-state index contributed by atoms with van der Waals surface area (Å²) < 4.78 is 5.68. The molecule has 0 aliphatic carbocycles. The summed E-state index contributed by atoms with van der Waals surface area (Å²) in [5.74, 6) is 0. The minimum atomic E-state index is -0.0522. The first-order valence-electron chi connectivity index (χ1n) is 6.70. The standard InChI is InChI=1S/C13H28N2O/c1-4-8-13(3,14)11-15(5-2)10-12-7-6-9-16-12/h12H,4-11,14H2,1-3H3. The molecule has 3 heteroatoms. The van der Waals surface area contributed by atoms with E-state index < -0.39 is 0 Å². The Morgan fingerprint density at radius 2 is 2.19 bits per heavy atom. The maximum absolute atomic E-state index is 6.30. The topological polar surface area (TPSA) is 38.5 Å². The van der Waals surface area contributed by atoms with E-state index in [1.807, 2.05) is 0 Å². The molecule has 1 saturated heterocycles. The van der Waals surface area contributed by atoms with Crippen LogP contribution in [0.4, 0.5) is 0 Å². The van der Waals surface area contributed by atoms with E-state index in [-0.39, 0.29) is 5.54 Å². The van der Waals surface area contributed by atoms with Crippen LogP contribution >= 0.6 is 0 Å². The highest BCUT2D eigenvalue weighted by molar-refractivity contribution is 4.83. The van der Waals surface area contributed by atoms with Crippen molar-refractivity contribution in [3.05, 3.63) is 0 Å². The van der Waals surface area contributed by atoms with Gasteiger partial charge < -0.3 is 10.5 Å². The van der Waals surface area contributed by atoms with Gasteiger partial charge in [-0.05, 0) is 32.7 Å². The van der Waals surface area contributed by atoms with Crippen molar-refractivity contribution >= 4 is 0 Å². The second-order valence-corrected chi connectivity index (χ2v) is 5.37. The number of nitrogens with zero attached hydrogens (tertiary/aromatic N) is 1. The normalized spacial score (nSPS) is 24.9. The van der Waals surface area contributed by atoms with Crippen molar-refractivity contribution in [1.82, 2.24) is 4.90 Å². The van der Waals surface area contributed by atoms with Crippen LogP contribution in [0.15, 0.2) is 0 Å². The van der Waals surface area contributed by atoms with Crippen LogP contribution in [0, 0.1) is 0 Å². The molecule has 0 aromatic heterocycles. The summed E-state index contributed by atoms with van der Waals surface area (Å²) in [5, 5.41) is 0. The molecule has 2 N–H and O–H groups in total. The average molecular weight is 228 g/mol. The molecule has 0 aromatic carbocycles. The van der Waals surface area contributed by atoms with Gasteiger partial charge in [-0.3, -0.25) is 4.90 Å². The largest absolute Gasteiger partial charge is 0.377 e. The van der Waals surface area contributed by atoms with Crippen molar-refractivity contribution in [2.24, 2.45) is 5.73 Å². The second kappa shape index (κ2) is 6.58. The first kappa shape index (κ1) is 13.9. The summed E-state index contributed by atoms with van der Waals surface area (Å²) in [4.78, 5) is 2.44. The second-order valence-electron chi connectivity index (χ2n) is 5.37. The number of nitrogens with two attached hydrogens (primary N) is 1. The summed E-state index contributed by atoms with van der Waals surface area (Å²) >= 11 is 0. The van der Waals surface area contributed by atoms with Gasteiger partial charge in [0.1, 0.15) is 0 Å². The zero-order valence-electron chi connectivity index (χ0n) is 11.2. The van der Waals surface area contributed by atoms with E-state index in [1.54, 1.807) is 0 Å². The zero-order valence-corrected chi connectivity index (χ0v) is 11.2. The molecule has 0 radical (unpaired) electrons. The van der Waals surface area contributed by atoms with Crippen molar-refractivity contribution < 1.29 is 4.74 Å². The molecular formula is C13H28N2O. The molecule has 0 bridgehead atoms. The molecule has 2 unspecified atom stereocenters. The maximum Gasteiger partial charge on any atom is 0.0702 e. The van der Waals surface area contributed by atoms with Crippen molar-refractivity contribution in [2.75, 3.05) is 26.2 Å². The Balaban J connectivity index is 2.35. The van der Waals surface area contributed by atoms with E-state index in [9.17, 15) is 0 Å². The van der Waals surface area contributed by atoms with Gasteiger partial charge in [0.05, 0.1) is 6.10 Å². The van der Waals surface area contributed by atoms with E-state index >= 15 is 0 Å². The Morgan fingerprint density at radius 1 is 1.44 bits per heavy atom. The number of hydrogen-bond donors (Lipinski definition) is 1. The average Bonchev–Trinajstić information content (AvgIpc) is 2.69. The maximum atomic E-state index is 6.30. The first-order chi connectivity index (χ1) is 7.57. The lowest BCUT2D eigenvalue weighted by Crippen LogP contribution is -2.49. The Kier molecular flexibility index (Phi) is 5.73. The highest BCUT2D eigenvalue weighted by atomic mass is 16.5. The van der Waals surface area contributed by atoms with Gasteiger partial charge in [-0.15, -0.1) is 0 Å². The van der Waals surface area contributed by atoms with E-state index in [2.05, 4.69) is 25.7 Å². The molecule has 2 atom stereocenters. The van der Waals surface area contributed by atoms with Crippen molar-refractivity contribution in [3.8, 4) is 0 Å². The molecule has 1 aliphatic heterocycles. The molecule has 1 heterocycles. The Hall–Kier alpha value is -0.120. The van der Waals surface area contributed by atoms with Gasteiger partial charge in [0.15, 0.2) is 0 Å². The number of likely N-dealkylation sites (N-methyl/N-ethyl adjacent to an activating group) is 1. The van der Waals surface area contributed by atoms with Gasteiger partial charge in [0.2, 0.25) is 0 Å². The Labute approximate surface area is 100 Å². The van der Waals surface area contributed by atoms with Crippen molar-refractivity contribution in [2.45, 2.75) is 58.1 Å². The lowest BCUT2D eigenvalue weighted by Gasteiger charge is -2.33. The lowest BCUT2D eigenvalue weighted by molar-refractivity contribution is 0.0672.